The lowest BCUT2D eigenvalue weighted by Crippen LogP contribution is -2.29. The zero-order valence-electron chi connectivity index (χ0n) is 19.5. The number of hydrogen-bond acceptors (Lipinski definition) is 5. The number of aliphatic hydroxyl groups is 1. The van der Waals surface area contributed by atoms with Crippen molar-refractivity contribution in [3.63, 3.8) is 0 Å². The van der Waals surface area contributed by atoms with Crippen LogP contribution in [0.5, 0.6) is 5.75 Å². The molecule has 0 saturated carbocycles. The SMILES string of the molecule is CCOc1ccc(/C(O)=C2/C(=O)C(=O)N(c3cccc(Br)c3)C2c2cccs2)cc1C(C)(C)C. The van der Waals surface area contributed by atoms with E-state index >= 15 is 0 Å². The molecule has 1 saturated heterocycles. The zero-order chi connectivity index (χ0) is 24.6. The first-order valence-electron chi connectivity index (χ1n) is 11.0. The highest BCUT2D eigenvalue weighted by Gasteiger charge is 2.47. The smallest absolute Gasteiger partial charge is 0.300 e. The third-order valence-electron chi connectivity index (χ3n) is 5.70. The van der Waals surface area contributed by atoms with Crippen molar-refractivity contribution in [2.45, 2.75) is 39.2 Å². The van der Waals surface area contributed by atoms with Gasteiger partial charge in [0.1, 0.15) is 17.6 Å². The number of ether oxygens (including phenoxy) is 1. The molecule has 1 aliphatic rings. The molecule has 1 atom stereocenters. The second kappa shape index (κ2) is 9.39. The fraction of sp³-hybridized carbons (Fsp3) is 0.259. The highest BCUT2D eigenvalue weighted by molar-refractivity contribution is 9.10. The number of Topliss-reactive ketones (excluding diaryl/α,β-unsaturated/α-hetero) is 1. The van der Waals surface area contributed by atoms with Gasteiger partial charge < -0.3 is 9.84 Å². The normalized spacial score (nSPS) is 17.9. The summed E-state index contributed by atoms with van der Waals surface area (Å²) in [6.45, 7) is 8.63. The minimum Gasteiger partial charge on any atom is -0.507 e. The lowest BCUT2D eigenvalue weighted by atomic mass is 9.84. The molecular weight excluding hydrogens is 514 g/mol. The van der Waals surface area contributed by atoms with Crippen molar-refractivity contribution in [1.29, 1.82) is 0 Å². The van der Waals surface area contributed by atoms with Crippen LogP contribution >= 0.6 is 27.3 Å². The molecule has 0 bridgehead atoms. The Morgan fingerprint density at radius 2 is 1.88 bits per heavy atom. The largest absolute Gasteiger partial charge is 0.507 e. The number of carbonyl (C=O) groups is 2. The quantitative estimate of drug-likeness (QED) is 0.219. The van der Waals surface area contributed by atoms with Gasteiger partial charge >= 0.3 is 0 Å². The third-order valence-corrected chi connectivity index (χ3v) is 7.12. The van der Waals surface area contributed by atoms with E-state index in [1.165, 1.54) is 16.2 Å². The Balaban J connectivity index is 1.92. The maximum atomic E-state index is 13.3. The zero-order valence-corrected chi connectivity index (χ0v) is 21.9. The maximum Gasteiger partial charge on any atom is 0.300 e. The predicted molar refractivity (Wildman–Crippen MR) is 140 cm³/mol. The minimum atomic E-state index is -0.723. The van der Waals surface area contributed by atoms with Gasteiger partial charge in [0.25, 0.3) is 11.7 Å². The predicted octanol–water partition coefficient (Wildman–Crippen LogP) is 6.83. The first-order chi connectivity index (χ1) is 16.1. The van der Waals surface area contributed by atoms with Gasteiger partial charge in [-0.25, -0.2) is 0 Å². The lowest BCUT2D eigenvalue weighted by molar-refractivity contribution is -0.132. The number of ketones is 1. The molecule has 1 amide bonds. The molecule has 7 heteroatoms. The summed E-state index contributed by atoms with van der Waals surface area (Å²) in [5.41, 5.74) is 1.79. The average Bonchev–Trinajstić information content (AvgIpc) is 3.40. The third kappa shape index (κ3) is 4.42. The summed E-state index contributed by atoms with van der Waals surface area (Å²) in [6.07, 6.45) is 0. The lowest BCUT2D eigenvalue weighted by Gasteiger charge is -2.25. The molecule has 1 aromatic heterocycles. The Kier molecular flexibility index (Phi) is 6.69. The number of hydrogen-bond donors (Lipinski definition) is 1. The van der Waals surface area contributed by atoms with E-state index in [0.29, 0.717) is 17.9 Å². The highest BCUT2D eigenvalue weighted by atomic mass is 79.9. The standard InChI is InChI=1S/C27H26BrNO4S/c1-5-33-20-12-11-16(14-19(20)27(2,3)4)24(30)22-23(21-10-7-13-34-21)29(26(32)25(22)31)18-9-6-8-17(28)15-18/h6-15,23,30H,5H2,1-4H3/b24-22-. The molecule has 4 rings (SSSR count). The number of rotatable bonds is 5. The summed E-state index contributed by atoms with van der Waals surface area (Å²) < 4.78 is 6.59. The Morgan fingerprint density at radius 3 is 2.50 bits per heavy atom. The molecule has 1 aliphatic heterocycles. The Hall–Kier alpha value is -2.90. The van der Waals surface area contributed by atoms with Gasteiger partial charge in [0.15, 0.2) is 0 Å². The monoisotopic (exact) mass is 539 g/mol. The van der Waals surface area contributed by atoms with Crippen LogP contribution in [0.25, 0.3) is 5.76 Å². The van der Waals surface area contributed by atoms with Gasteiger partial charge in [-0.05, 0) is 60.2 Å². The van der Waals surface area contributed by atoms with Crippen LogP contribution in [0, 0.1) is 0 Å². The van der Waals surface area contributed by atoms with Crippen molar-refractivity contribution in [1.82, 2.24) is 0 Å². The number of benzene rings is 2. The van der Waals surface area contributed by atoms with E-state index < -0.39 is 17.7 Å². The van der Waals surface area contributed by atoms with Gasteiger partial charge in [0.2, 0.25) is 0 Å². The topological polar surface area (TPSA) is 66.8 Å². The number of amides is 1. The van der Waals surface area contributed by atoms with Crippen LogP contribution < -0.4 is 9.64 Å². The second-order valence-electron chi connectivity index (χ2n) is 9.06. The molecule has 1 N–H and O–H groups in total. The molecule has 1 fully saturated rings. The van der Waals surface area contributed by atoms with Crippen molar-refractivity contribution in [2.24, 2.45) is 0 Å². The number of halogens is 1. The number of anilines is 1. The van der Waals surface area contributed by atoms with E-state index in [1.807, 2.05) is 48.7 Å². The average molecular weight is 540 g/mol. The summed E-state index contributed by atoms with van der Waals surface area (Å²) in [6, 6.07) is 15.6. The number of thiophene rings is 1. The van der Waals surface area contributed by atoms with Gasteiger partial charge in [-0.1, -0.05) is 48.8 Å². The molecule has 5 nitrogen and oxygen atoms in total. The summed E-state index contributed by atoms with van der Waals surface area (Å²) in [5.74, 6) is -0.833. The van der Waals surface area contributed by atoms with E-state index in [4.69, 9.17) is 4.74 Å². The van der Waals surface area contributed by atoms with Crippen LogP contribution in [0.3, 0.4) is 0 Å². The van der Waals surface area contributed by atoms with Crippen LogP contribution in [-0.4, -0.2) is 23.4 Å². The Morgan fingerprint density at radius 1 is 1.12 bits per heavy atom. The molecule has 0 radical (unpaired) electrons. The van der Waals surface area contributed by atoms with Gasteiger partial charge in [0, 0.05) is 26.2 Å². The fourth-order valence-corrected chi connectivity index (χ4v) is 5.35. The van der Waals surface area contributed by atoms with Crippen molar-refractivity contribution in [2.75, 3.05) is 11.5 Å². The van der Waals surface area contributed by atoms with Gasteiger partial charge in [0.05, 0.1) is 12.2 Å². The first-order valence-corrected chi connectivity index (χ1v) is 12.7. The highest BCUT2D eigenvalue weighted by Crippen LogP contribution is 2.44. The van der Waals surface area contributed by atoms with Crippen LogP contribution in [0.2, 0.25) is 0 Å². The molecule has 0 aliphatic carbocycles. The second-order valence-corrected chi connectivity index (χ2v) is 11.0. The van der Waals surface area contributed by atoms with E-state index in [1.54, 1.807) is 18.2 Å². The van der Waals surface area contributed by atoms with Gasteiger partial charge in [-0.2, -0.15) is 0 Å². The molecule has 3 aromatic rings. The summed E-state index contributed by atoms with van der Waals surface area (Å²) >= 11 is 4.88. The molecule has 2 heterocycles. The maximum absolute atomic E-state index is 13.3. The van der Waals surface area contributed by atoms with Crippen LogP contribution in [-0.2, 0) is 15.0 Å². The summed E-state index contributed by atoms with van der Waals surface area (Å²) in [7, 11) is 0. The van der Waals surface area contributed by atoms with E-state index in [2.05, 4.69) is 36.7 Å². The minimum absolute atomic E-state index is 0.0800. The van der Waals surface area contributed by atoms with Gasteiger partial charge in [-0.3, -0.25) is 14.5 Å². The molecule has 176 valence electrons. The van der Waals surface area contributed by atoms with Crippen molar-refractivity contribution in [3.05, 3.63) is 86.0 Å². The number of nitrogens with zero attached hydrogens (tertiary/aromatic N) is 1. The van der Waals surface area contributed by atoms with Crippen LogP contribution in [0.4, 0.5) is 5.69 Å². The number of carbonyl (C=O) groups excluding carboxylic acids is 2. The Labute approximate surface area is 211 Å². The van der Waals surface area contributed by atoms with Crippen molar-refractivity contribution in [3.8, 4) is 5.75 Å². The van der Waals surface area contributed by atoms with Crippen molar-refractivity contribution < 1.29 is 19.4 Å². The fourth-order valence-electron chi connectivity index (χ4n) is 4.14. The molecule has 0 spiro atoms. The molecule has 34 heavy (non-hydrogen) atoms. The Bertz CT molecular complexity index is 1270. The summed E-state index contributed by atoms with van der Waals surface area (Å²) in [5, 5.41) is 13.3. The van der Waals surface area contributed by atoms with Gasteiger partial charge in [-0.15, -0.1) is 11.3 Å². The number of aliphatic hydroxyl groups excluding tert-OH is 1. The van der Waals surface area contributed by atoms with E-state index in [9.17, 15) is 14.7 Å². The van der Waals surface area contributed by atoms with E-state index in [-0.39, 0.29) is 16.7 Å². The molecule has 1 unspecified atom stereocenters. The van der Waals surface area contributed by atoms with Crippen LogP contribution in [0.1, 0.15) is 49.7 Å². The molecule has 2 aromatic carbocycles. The first kappa shape index (κ1) is 24.2. The van der Waals surface area contributed by atoms with Crippen LogP contribution in [0.15, 0.2) is 70.0 Å². The summed E-state index contributed by atoms with van der Waals surface area (Å²) in [4.78, 5) is 28.8. The van der Waals surface area contributed by atoms with Crippen molar-refractivity contribution >= 4 is 50.4 Å². The van der Waals surface area contributed by atoms with E-state index in [0.717, 1.165) is 20.7 Å². The molecular formula is C27H26BrNO4S.